The minimum atomic E-state index is -0.737. The number of nitrogens with zero attached hydrogens (tertiary/aromatic N) is 5. The largest absolute Gasteiger partial charge is 0.311 e. The summed E-state index contributed by atoms with van der Waals surface area (Å²) < 4.78 is 2.51. The number of fused-ring (bicyclic) bond motifs is 5. The number of anilines is 12. The van der Waals surface area contributed by atoms with Crippen LogP contribution in [0.15, 0.2) is 394 Å². The normalized spacial score (nSPS) is 12.0. The van der Waals surface area contributed by atoms with Crippen molar-refractivity contribution in [2.24, 2.45) is 0 Å². The van der Waals surface area contributed by atoms with E-state index in [-0.39, 0.29) is 0 Å². The molecule has 454 valence electrons. The summed E-state index contributed by atoms with van der Waals surface area (Å²) in [5.41, 5.74) is 25.3. The van der Waals surface area contributed by atoms with Crippen LogP contribution in [0.1, 0.15) is 22.3 Å². The maximum Gasteiger partial charge on any atom is 0.0742 e. The Hall–Kier alpha value is -12.7. The van der Waals surface area contributed by atoms with Gasteiger partial charge in [-0.3, -0.25) is 0 Å². The van der Waals surface area contributed by atoms with E-state index in [0.717, 1.165) is 90.5 Å². The summed E-state index contributed by atoms with van der Waals surface area (Å²) in [6.07, 6.45) is 0. The lowest BCUT2D eigenvalue weighted by atomic mass is 9.63. The van der Waals surface area contributed by atoms with E-state index in [9.17, 15) is 0 Å². The van der Waals surface area contributed by atoms with Crippen LogP contribution in [0.4, 0.5) is 68.2 Å². The molecule has 16 aromatic rings. The zero-order chi connectivity index (χ0) is 63.8. The van der Waals surface area contributed by atoms with E-state index >= 15 is 0 Å². The highest BCUT2D eigenvalue weighted by Gasteiger charge is 2.45. The number of rotatable bonds is 16. The summed E-state index contributed by atoms with van der Waals surface area (Å²) >= 11 is 0. The van der Waals surface area contributed by atoms with Crippen LogP contribution in [0.5, 0.6) is 0 Å². The Morgan fingerprint density at radius 3 is 0.771 bits per heavy atom. The van der Waals surface area contributed by atoms with Gasteiger partial charge in [-0.25, -0.2) is 0 Å². The number of hydrogen-bond donors (Lipinski definition) is 0. The van der Waals surface area contributed by atoms with Crippen molar-refractivity contribution in [2.45, 2.75) is 5.41 Å². The van der Waals surface area contributed by atoms with Crippen LogP contribution in [-0.4, -0.2) is 4.57 Å². The molecule has 0 N–H and O–H groups in total. The molecule has 17 rings (SSSR count). The monoisotopic (exact) mass is 1230 g/mol. The number of benzene rings is 15. The average Bonchev–Trinajstić information content (AvgIpc) is 1.40. The molecular weight excluding hydrogens is 1160 g/mol. The first-order valence-corrected chi connectivity index (χ1v) is 32.9. The van der Waals surface area contributed by atoms with Gasteiger partial charge in [-0.2, -0.15) is 0 Å². The molecule has 1 aliphatic rings. The first-order chi connectivity index (χ1) is 47.6. The van der Waals surface area contributed by atoms with Crippen molar-refractivity contribution >= 4 is 90.1 Å². The number of para-hydroxylation sites is 9. The van der Waals surface area contributed by atoms with Gasteiger partial charge in [0.15, 0.2) is 0 Å². The summed E-state index contributed by atoms with van der Waals surface area (Å²) in [6, 6.07) is 143. The van der Waals surface area contributed by atoms with E-state index in [1.165, 1.54) is 49.7 Å². The van der Waals surface area contributed by atoms with Crippen LogP contribution >= 0.6 is 0 Å². The first-order valence-electron chi connectivity index (χ1n) is 32.9. The number of aromatic nitrogens is 1. The van der Waals surface area contributed by atoms with Gasteiger partial charge in [0.25, 0.3) is 0 Å². The Labute approximate surface area is 560 Å². The highest BCUT2D eigenvalue weighted by atomic mass is 15.2. The third-order valence-electron chi connectivity index (χ3n) is 19.0. The van der Waals surface area contributed by atoms with E-state index in [2.05, 4.69) is 418 Å². The second-order valence-corrected chi connectivity index (χ2v) is 24.5. The minimum Gasteiger partial charge on any atom is -0.311 e. The van der Waals surface area contributed by atoms with Gasteiger partial charge >= 0.3 is 0 Å². The van der Waals surface area contributed by atoms with E-state index in [1.807, 2.05) is 0 Å². The van der Waals surface area contributed by atoms with Crippen molar-refractivity contribution < 1.29 is 0 Å². The van der Waals surface area contributed by atoms with E-state index in [1.54, 1.807) is 0 Å². The minimum absolute atomic E-state index is 0.737. The second-order valence-electron chi connectivity index (χ2n) is 24.5. The van der Waals surface area contributed by atoms with Crippen molar-refractivity contribution in [1.82, 2.24) is 4.57 Å². The van der Waals surface area contributed by atoms with Crippen LogP contribution in [0.2, 0.25) is 0 Å². The molecule has 0 saturated heterocycles. The molecule has 2 heterocycles. The van der Waals surface area contributed by atoms with Gasteiger partial charge in [-0.1, -0.05) is 237 Å². The lowest BCUT2D eigenvalue weighted by Crippen LogP contribution is -2.35. The van der Waals surface area contributed by atoms with Crippen LogP contribution in [0.25, 0.3) is 49.7 Å². The molecule has 0 aliphatic carbocycles. The quantitative estimate of drug-likeness (QED) is 0.0959. The lowest BCUT2D eigenvalue weighted by Gasteiger charge is -2.42. The first kappa shape index (κ1) is 57.2. The third kappa shape index (κ3) is 10.1. The zero-order valence-electron chi connectivity index (χ0n) is 52.8. The molecule has 5 nitrogen and oxygen atoms in total. The predicted molar refractivity (Wildman–Crippen MR) is 402 cm³/mol. The molecule has 15 aromatic carbocycles. The Balaban J connectivity index is 0.742. The molecular formula is C91H65N5. The maximum atomic E-state index is 2.51. The Morgan fingerprint density at radius 2 is 0.438 bits per heavy atom. The molecule has 0 fully saturated rings. The fourth-order valence-corrected chi connectivity index (χ4v) is 14.7. The highest BCUT2D eigenvalue weighted by Crippen LogP contribution is 2.55. The molecule has 0 amide bonds. The number of hydrogen-bond acceptors (Lipinski definition) is 4. The molecule has 0 radical (unpaired) electrons. The smallest absolute Gasteiger partial charge is 0.0742 e. The topological polar surface area (TPSA) is 17.9 Å². The fraction of sp³-hybridized carbons (Fsp3) is 0.0110. The second kappa shape index (κ2) is 24.7. The molecule has 96 heavy (non-hydrogen) atoms. The van der Waals surface area contributed by atoms with Gasteiger partial charge < -0.3 is 24.2 Å². The molecule has 0 spiro atoms. The van der Waals surface area contributed by atoms with Gasteiger partial charge in [-0.05, 0) is 202 Å². The van der Waals surface area contributed by atoms with Crippen LogP contribution < -0.4 is 19.6 Å². The summed E-state index contributed by atoms with van der Waals surface area (Å²) in [5.74, 6) is 0. The summed E-state index contributed by atoms with van der Waals surface area (Å²) in [6.45, 7) is 0. The Morgan fingerprint density at radius 1 is 0.188 bits per heavy atom. The van der Waals surface area contributed by atoms with Crippen molar-refractivity contribution in [3.8, 4) is 27.9 Å². The average molecular weight is 1230 g/mol. The van der Waals surface area contributed by atoms with Crippen LogP contribution in [-0.2, 0) is 5.41 Å². The Kier molecular flexibility index (Phi) is 14.7. The molecule has 1 aliphatic heterocycles. The van der Waals surface area contributed by atoms with Crippen molar-refractivity contribution in [2.75, 3.05) is 19.6 Å². The van der Waals surface area contributed by atoms with E-state index in [4.69, 9.17) is 0 Å². The molecule has 5 heteroatoms. The molecule has 0 bridgehead atoms. The van der Waals surface area contributed by atoms with Crippen molar-refractivity contribution in [1.29, 1.82) is 0 Å². The van der Waals surface area contributed by atoms with Gasteiger partial charge in [0.1, 0.15) is 0 Å². The highest BCUT2D eigenvalue weighted by molar-refractivity contribution is 6.12. The molecule has 0 unspecified atom stereocenters. The molecule has 1 aromatic heterocycles. The molecule has 0 atom stereocenters. The van der Waals surface area contributed by atoms with Gasteiger partial charge in [0, 0.05) is 79.0 Å². The summed E-state index contributed by atoms with van der Waals surface area (Å²) in [7, 11) is 0. The van der Waals surface area contributed by atoms with Crippen molar-refractivity contribution in [3.63, 3.8) is 0 Å². The third-order valence-corrected chi connectivity index (χ3v) is 19.0. The summed E-state index contributed by atoms with van der Waals surface area (Å²) in [5, 5.41) is 2.48. The van der Waals surface area contributed by atoms with Crippen LogP contribution in [0.3, 0.4) is 0 Å². The van der Waals surface area contributed by atoms with Gasteiger partial charge in [-0.15, -0.1) is 0 Å². The Bertz CT molecular complexity index is 5000. The zero-order valence-corrected chi connectivity index (χ0v) is 52.8. The lowest BCUT2D eigenvalue weighted by molar-refractivity contribution is 0.728. The summed E-state index contributed by atoms with van der Waals surface area (Å²) in [4.78, 5) is 9.34. The molecule has 0 saturated carbocycles. The maximum absolute atomic E-state index is 2.51. The SMILES string of the molecule is c1ccc(N(c2ccccc2)c2ccc(-c3ccc(N(c4ccccc4)c4ccc(C5(c6ccc(N(c7ccccc7)c7ccc(-c8ccc(N(c9ccccc9)c9ccccc9)cc8)cc7)cc6)c6ccccc6-n6c7ccccc7c7cccc5c76)cc4)cc3)cc2)cc1. The van der Waals surface area contributed by atoms with Crippen molar-refractivity contribution in [3.05, 3.63) is 417 Å². The van der Waals surface area contributed by atoms with Crippen LogP contribution in [0, 0.1) is 0 Å². The predicted octanol–water partition coefficient (Wildman–Crippen LogP) is 24.7. The standard InChI is InChI=1S/C91H65N5/c1-7-24-72(25-8-1)92(73-26-9-2-10-27-73)78-54-42-66(43-55-78)68-46-58-80(59-47-68)94(76-32-15-5-16-33-76)82-62-50-70(51-63-82)91(86-38-20-22-41-89(86)96-88-40-21-19-36-84(88)85-37-23-39-87(91)90(85)96)71-52-64-83(65-53-71)95(77-34-17-6-18-35-77)81-60-48-69(49-61-81)67-44-56-79(57-45-67)93(74-28-11-3-12-29-74)75-30-13-4-14-31-75/h1-65H. The van der Waals surface area contributed by atoms with Gasteiger partial charge in [0.05, 0.1) is 22.1 Å². The van der Waals surface area contributed by atoms with E-state index in [0.29, 0.717) is 0 Å². The van der Waals surface area contributed by atoms with Gasteiger partial charge in [0.2, 0.25) is 0 Å². The fourth-order valence-electron chi connectivity index (χ4n) is 14.7. The van der Waals surface area contributed by atoms with E-state index < -0.39 is 5.41 Å².